The number of nitrogens with zero attached hydrogens (tertiary/aromatic N) is 1. The van der Waals surface area contributed by atoms with E-state index in [2.05, 4.69) is 6.07 Å². The van der Waals surface area contributed by atoms with Crippen molar-refractivity contribution in [3.63, 3.8) is 0 Å². The van der Waals surface area contributed by atoms with Gasteiger partial charge in [-0.05, 0) is 37.1 Å². The lowest BCUT2D eigenvalue weighted by Crippen LogP contribution is -2.21. The minimum absolute atomic E-state index is 0.0537. The van der Waals surface area contributed by atoms with Gasteiger partial charge >= 0.3 is 5.97 Å². The van der Waals surface area contributed by atoms with E-state index in [0.29, 0.717) is 22.6 Å². The predicted molar refractivity (Wildman–Crippen MR) is 113 cm³/mol. The monoisotopic (exact) mass is 396 g/mol. The maximum absolute atomic E-state index is 12.5. The Labute approximate surface area is 175 Å². The molecule has 0 amide bonds. The third kappa shape index (κ3) is 3.51. The highest BCUT2D eigenvalue weighted by molar-refractivity contribution is 5.92. The standard InChI is InChI=1S/C25H20N2O3/c1-15-7-9-17(10-8-15)23-20-12-11-18(13-22(20)30-24(27)21(23)14-26)29-25(28)19-6-4-3-5-16(19)2/h3-13,23H,27H2,1-2H3. The zero-order valence-electron chi connectivity index (χ0n) is 16.7. The third-order valence-electron chi connectivity index (χ3n) is 5.18. The second-order valence-corrected chi connectivity index (χ2v) is 7.24. The van der Waals surface area contributed by atoms with Gasteiger partial charge in [0.15, 0.2) is 0 Å². The van der Waals surface area contributed by atoms with Gasteiger partial charge in [0.25, 0.3) is 0 Å². The Morgan fingerprint density at radius 1 is 1.07 bits per heavy atom. The van der Waals surface area contributed by atoms with E-state index < -0.39 is 5.97 Å². The van der Waals surface area contributed by atoms with Crippen molar-refractivity contribution >= 4 is 5.97 Å². The van der Waals surface area contributed by atoms with Crippen LogP contribution in [0.4, 0.5) is 0 Å². The summed E-state index contributed by atoms with van der Waals surface area (Å²) in [7, 11) is 0. The van der Waals surface area contributed by atoms with Crippen LogP contribution >= 0.6 is 0 Å². The number of hydrogen-bond donors (Lipinski definition) is 1. The second-order valence-electron chi connectivity index (χ2n) is 7.24. The normalized spacial score (nSPS) is 15.0. The summed E-state index contributed by atoms with van der Waals surface area (Å²) in [4.78, 5) is 12.5. The Bertz CT molecular complexity index is 1200. The van der Waals surface area contributed by atoms with Gasteiger partial charge in [0.05, 0.1) is 11.5 Å². The van der Waals surface area contributed by atoms with Gasteiger partial charge in [-0.25, -0.2) is 4.79 Å². The molecule has 0 spiro atoms. The smallest absolute Gasteiger partial charge is 0.343 e. The Morgan fingerprint density at radius 3 is 2.50 bits per heavy atom. The SMILES string of the molecule is Cc1ccc(C2C(C#N)=C(N)Oc3cc(OC(=O)c4ccccc4C)ccc32)cc1. The average molecular weight is 396 g/mol. The fourth-order valence-electron chi connectivity index (χ4n) is 3.56. The molecule has 148 valence electrons. The van der Waals surface area contributed by atoms with E-state index in [0.717, 1.165) is 22.3 Å². The van der Waals surface area contributed by atoms with Gasteiger partial charge in [0.1, 0.15) is 23.1 Å². The zero-order chi connectivity index (χ0) is 21.3. The second kappa shape index (κ2) is 7.76. The number of allylic oxidation sites excluding steroid dienone is 1. The molecule has 0 radical (unpaired) electrons. The van der Waals surface area contributed by atoms with Gasteiger partial charge in [-0.1, -0.05) is 54.1 Å². The number of aryl methyl sites for hydroxylation is 2. The summed E-state index contributed by atoms with van der Waals surface area (Å²) in [5.41, 5.74) is 10.6. The lowest BCUT2D eigenvalue weighted by Gasteiger charge is -2.26. The van der Waals surface area contributed by atoms with Gasteiger partial charge < -0.3 is 15.2 Å². The lowest BCUT2D eigenvalue weighted by molar-refractivity contribution is 0.0733. The van der Waals surface area contributed by atoms with Crippen molar-refractivity contribution in [3.8, 4) is 17.6 Å². The van der Waals surface area contributed by atoms with Crippen LogP contribution in [0.1, 0.15) is 38.5 Å². The highest BCUT2D eigenvalue weighted by Gasteiger charge is 2.31. The summed E-state index contributed by atoms with van der Waals surface area (Å²) in [6, 6.07) is 22.5. The number of esters is 1. The molecule has 3 aromatic carbocycles. The van der Waals surface area contributed by atoms with Gasteiger partial charge in [-0.15, -0.1) is 0 Å². The molecule has 4 rings (SSSR count). The Balaban J connectivity index is 1.70. The molecule has 5 heteroatoms. The highest BCUT2D eigenvalue weighted by atomic mass is 16.5. The fourth-order valence-corrected chi connectivity index (χ4v) is 3.56. The molecule has 5 nitrogen and oxygen atoms in total. The molecule has 0 aliphatic carbocycles. The first-order chi connectivity index (χ1) is 14.5. The summed E-state index contributed by atoms with van der Waals surface area (Å²) >= 11 is 0. The van der Waals surface area contributed by atoms with Crippen molar-refractivity contribution in [1.29, 1.82) is 5.26 Å². The first kappa shape index (κ1) is 19.3. The first-order valence-electron chi connectivity index (χ1n) is 9.54. The van der Waals surface area contributed by atoms with Crippen molar-refractivity contribution in [1.82, 2.24) is 0 Å². The van der Waals surface area contributed by atoms with Gasteiger partial charge in [0, 0.05) is 11.6 Å². The Morgan fingerprint density at radius 2 is 1.80 bits per heavy atom. The molecule has 0 fully saturated rings. The van der Waals surface area contributed by atoms with E-state index in [1.54, 1.807) is 24.3 Å². The average Bonchev–Trinajstić information content (AvgIpc) is 2.73. The van der Waals surface area contributed by atoms with Crippen LogP contribution < -0.4 is 15.2 Å². The minimum Gasteiger partial charge on any atom is -0.440 e. The number of carbonyl (C=O) groups excluding carboxylic acids is 1. The summed E-state index contributed by atoms with van der Waals surface area (Å²) in [6.07, 6.45) is 0. The summed E-state index contributed by atoms with van der Waals surface area (Å²) in [5, 5.41) is 9.66. The molecule has 1 atom stereocenters. The van der Waals surface area contributed by atoms with Gasteiger partial charge in [-0.2, -0.15) is 5.26 Å². The number of ether oxygens (including phenoxy) is 2. The molecule has 0 saturated heterocycles. The molecular weight excluding hydrogens is 376 g/mol. The summed E-state index contributed by atoms with van der Waals surface area (Å²) < 4.78 is 11.3. The first-order valence-corrected chi connectivity index (χ1v) is 9.54. The lowest BCUT2D eigenvalue weighted by atomic mass is 9.83. The molecule has 0 bridgehead atoms. The number of fused-ring (bicyclic) bond motifs is 1. The van der Waals surface area contributed by atoms with Crippen molar-refractivity contribution in [2.45, 2.75) is 19.8 Å². The molecular formula is C25H20N2O3. The Kier molecular flexibility index (Phi) is 4.99. The molecule has 1 unspecified atom stereocenters. The van der Waals surface area contributed by atoms with E-state index in [4.69, 9.17) is 15.2 Å². The van der Waals surface area contributed by atoms with Gasteiger partial charge in [0.2, 0.25) is 5.88 Å². The topological polar surface area (TPSA) is 85.3 Å². The van der Waals surface area contributed by atoms with Crippen molar-refractivity contribution < 1.29 is 14.3 Å². The van der Waals surface area contributed by atoms with E-state index in [1.807, 2.05) is 56.3 Å². The van der Waals surface area contributed by atoms with Crippen LogP contribution in [0.15, 0.2) is 78.2 Å². The zero-order valence-corrected chi connectivity index (χ0v) is 16.7. The van der Waals surface area contributed by atoms with Crippen LogP contribution in [0.25, 0.3) is 0 Å². The molecule has 0 aromatic heterocycles. The van der Waals surface area contributed by atoms with Crippen LogP contribution in [0.3, 0.4) is 0 Å². The largest absolute Gasteiger partial charge is 0.440 e. The minimum atomic E-state index is -0.444. The third-order valence-corrected chi connectivity index (χ3v) is 5.18. The van der Waals surface area contributed by atoms with Crippen molar-refractivity contribution in [2.24, 2.45) is 5.73 Å². The van der Waals surface area contributed by atoms with Crippen LogP contribution in [-0.2, 0) is 0 Å². The highest BCUT2D eigenvalue weighted by Crippen LogP contribution is 2.43. The fraction of sp³-hybridized carbons (Fsp3) is 0.120. The number of nitrogens with two attached hydrogens (primary N) is 1. The summed E-state index contributed by atoms with van der Waals surface area (Å²) in [6.45, 7) is 3.86. The van der Waals surface area contributed by atoms with E-state index in [9.17, 15) is 10.1 Å². The number of benzene rings is 3. The van der Waals surface area contributed by atoms with Crippen molar-refractivity contribution in [2.75, 3.05) is 0 Å². The molecule has 1 aliphatic rings. The van der Waals surface area contributed by atoms with Gasteiger partial charge in [-0.3, -0.25) is 0 Å². The number of hydrogen-bond acceptors (Lipinski definition) is 5. The quantitative estimate of drug-likeness (QED) is 0.510. The number of rotatable bonds is 3. The molecule has 2 N–H and O–H groups in total. The molecule has 0 saturated carbocycles. The number of nitriles is 1. The van der Waals surface area contributed by atoms with E-state index in [1.165, 1.54) is 0 Å². The van der Waals surface area contributed by atoms with Crippen LogP contribution in [0.5, 0.6) is 11.5 Å². The maximum atomic E-state index is 12.5. The van der Waals surface area contributed by atoms with Crippen molar-refractivity contribution in [3.05, 3.63) is 106 Å². The predicted octanol–water partition coefficient (Wildman–Crippen LogP) is 4.74. The van der Waals surface area contributed by atoms with E-state index >= 15 is 0 Å². The molecule has 3 aromatic rings. The molecule has 1 heterocycles. The maximum Gasteiger partial charge on any atom is 0.343 e. The van der Waals surface area contributed by atoms with Crippen LogP contribution in [-0.4, -0.2) is 5.97 Å². The van der Waals surface area contributed by atoms with Crippen LogP contribution in [0.2, 0.25) is 0 Å². The summed E-state index contributed by atoms with van der Waals surface area (Å²) in [5.74, 6) is 0.0728. The molecule has 30 heavy (non-hydrogen) atoms. The number of carbonyl (C=O) groups is 1. The van der Waals surface area contributed by atoms with Crippen LogP contribution in [0, 0.1) is 25.2 Å². The Hall–Kier alpha value is -4.04. The van der Waals surface area contributed by atoms with E-state index in [-0.39, 0.29) is 11.8 Å². The molecule has 1 aliphatic heterocycles.